The number of fused-ring (bicyclic) bond motifs is 3. The average molecular weight is 526 g/mol. The summed E-state index contributed by atoms with van der Waals surface area (Å²) < 4.78 is 17.5. The van der Waals surface area contributed by atoms with Gasteiger partial charge in [-0.1, -0.05) is 12.7 Å². The van der Waals surface area contributed by atoms with Crippen LogP contribution >= 0.6 is 0 Å². The third-order valence-electron chi connectivity index (χ3n) is 7.70. The SMILES string of the molecule is C=Cc1cc(Oc2cc(N3CCC4(CC3)OC(=O)Nc3ncccc34)ncn2)cc2[nH]c([C@H]3CCOC3)nc12. The summed E-state index contributed by atoms with van der Waals surface area (Å²) in [5.41, 5.74) is 2.84. The van der Waals surface area contributed by atoms with Crippen molar-refractivity contribution in [2.75, 3.05) is 36.5 Å². The molecule has 3 aliphatic rings. The van der Waals surface area contributed by atoms with Crippen LogP contribution in [-0.2, 0) is 15.1 Å². The predicted octanol–water partition coefficient (Wildman–Crippen LogP) is 4.74. The number of hydrogen-bond donors (Lipinski definition) is 2. The first-order chi connectivity index (χ1) is 19.1. The summed E-state index contributed by atoms with van der Waals surface area (Å²) in [6, 6.07) is 9.50. The van der Waals surface area contributed by atoms with Crippen molar-refractivity contribution in [2.45, 2.75) is 30.8 Å². The molecule has 1 atom stereocenters. The van der Waals surface area contributed by atoms with Gasteiger partial charge in [0.05, 0.1) is 17.6 Å². The van der Waals surface area contributed by atoms with Crippen molar-refractivity contribution in [1.82, 2.24) is 24.9 Å². The first-order valence-electron chi connectivity index (χ1n) is 13.0. The number of carbonyl (C=O) groups is 1. The van der Waals surface area contributed by atoms with E-state index < -0.39 is 11.7 Å². The molecule has 7 rings (SSSR count). The summed E-state index contributed by atoms with van der Waals surface area (Å²) in [6.07, 6.45) is 6.67. The van der Waals surface area contributed by atoms with Gasteiger partial charge in [-0.3, -0.25) is 5.32 Å². The lowest BCUT2D eigenvalue weighted by Gasteiger charge is -2.44. The zero-order chi connectivity index (χ0) is 26.4. The van der Waals surface area contributed by atoms with Crippen LogP contribution in [0.3, 0.4) is 0 Å². The van der Waals surface area contributed by atoms with Crippen LogP contribution in [0.4, 0.5) is 16.4 Å². The average Bonchev–Trinajstić information content (AvgIpc) is 3.64. The number of nitrogens with one attached hydrogen (secondary N) is 2. The van der Waals surface area contributed by atoms with Gasteiger partial charge in [-0.05, 0) is 24.6 Å². The summed E-state index contributed by atoms with van der Waals surface area (Å²) >= 11 is 0. The van der Waals surface area contributed by atoms with Crippen molar-refractivity contribution in [2.24, 2.45) is 0 Å². The van der Waals surface area contributed by atoms with Crippen molar-refractivity contribution < 1.29 is 19.0 Å². The highest BCUT2D eigenvalue weighted by molar-refractivity contribution is 5.87. The number of aromatic nitrogens is 5. The molecule has 2 saturated heterocycles. The monoisotopic (exact) mass is 525 g/mol. The number of hydrogen-bond acceptors (Lipinski definition) is 9. The summed E-state index contributed by atoms with van der Waals surface area (Å²) in [5, 5.41) is 2.70. The van der Waals surface area contributed by atoms with E-state index in [1.807, 2.05) is 30.3 Å². The van der Waals surface area contributed by atoms with Crippen LogP contribution in [0.5, 0.6) is 11.6 Å². The molecule has 11 nitrogen and oxygen atoms in total. The second-order valence-corrected chi connectivity index (χ2v) is 10.0. The minimum Gasteiger partial charge on any atom is -0.439 e. The first kappa shape index (κ1) is 23.6. The number of carbonyl (C=O) groups excluding carboxylic acids is 1. The van der Waals surface area contributed by atoms with E-state index in [1.165, 1.54) is 6.33 Å². The Labute approximate surface area is 224 Å². The lowest BCUT2D eigenvalue weighted by Crippen LogP contribution is -2.48. The summed E-state index contributed by atoms with van der Waals surface area (Å²) in [5.74, 6) is 3.57. The van der Waals surface area contributed by atoms with Crippen LogP contribution in [0.2, 0.25) is 0 Å². The smallest absolute Gasteiger partial charge is 0.413 e. The number of aromatic amines is 1. The van der Waals surface area contributed by atoms with Crippen LogP contribution in [0.1, 0.15) is 42.1 Å². The highest BCUT2D eigenvalue weighted by Crippen LogP contribution is 2.43. The molecule has 4 aromatic rings. The van der Waals surface area contributed by atoms with Gasteiger partial charge in [0.15, 0.2) is 0 Å². The van der Waals surface area contributed by atoms with Crippen LogP contribution in [0.15, 0.2) is 49.4 Å². The fourth-order valence-electron chi connectivity index (χ4n) is 5.67. The van der Waals surface area contributed by atoms with Gasteiger partial charge >= 0.3 is 6.09 Å². The van der Waals surface area contributed by atoms with Crippen molar-refractivity contribution in [3.63, 3.8) is 0 Å². The van der Waals surface area contributed by atoms with E-state index in [4.69, 9.17) is 19.2 Å². The summed E-state index contributed by atoms with van der Waals surface area (Å²) in [7, 11) is 0. The Balaban J connectivity index is 1.10. The lowest BCUT2D eigenvalue weighted by molar-refractivity contribution is -0.00853. The van der Waals surface area contributed by atoms with Gasteiger partial charge in [-0.25, -0.2) is 24.7 Å². The van der Waals surface area contributed by atoms with Crippen LogP contribution in [0, 0.1) is 0 Å². The maximum atomic E-state index is 12.2. The number of anilines is 2. The first-order valence-corrected chi connectivity index (χ1v) is 13.0. The molecule has 1 spiro atoms. The molecule has 1 aromatic carbocycles. The standard InChI is InChI=1S/C28H27N7O4/c1-2-17-12-19(13-21-24(17)33-25(32-21)18-5-11-37-15-18)38-23-14-22(30-16-31-23)35-9-6-28(7-10-35)20-4-3-8-29-26(20)34-27(36)39-28/h2-4,8,12-14,16,18H,1,5-7,9-11,15H2,(H,32,33)(H,29,34,36)/t18-/m0/s1. The highest BCUT2D eigenvalue weighted by Gasteiger charge is 2.45. The molecule has 3 aliphatic heterocycles. The number of amides is 1. The zero-order valence-corrected chi connectivity index (χ0v) is 21.2. The maximum absolute atomic E-state index is 12.2. The Bertz CT molecular complexity index is 1570. The second kappa shape index (κ2) is 9.35. The third-order valence-corrected chi connectivity index (χ3v) is 7.70. The Morgan fingerprint density at radius 2 is 2.08 bits per heavy atom. The fraction of sp³-hybridized carbons (Fsp3) is 0.321. The summed E-state index contributed by atoms with van der Waals surface area (Å²) in [6.45, 7) is 6.68. The van der Waals surface area contributed by atoms with E-state index in [1.54, 1.807) is 12.3 Å². The molecule has 3 aromatic heterocycles. The molecule has 2 fully saturated rings. The van der Waals surface area contributed by atoms with E-state index in [9.17, 15) is 4.79 Å². The van der Waals surface area contributed by atoms with Crippen molar-refractivity contribution >= 4 is 34.8 Å². The number of nitrogens with zero attached hydrogens (tertiary/aromatic N) is 5. The number of piperidine rings is 1. The maximum Gasteiger partial charge on any atom is 0.413 e. The van der Waals surface area contributed by atoms with Gasteiger partial charge in [-0.15, -0.1) is 0 Å². The molecular weight excluding hydrogens is 498 g/mol. The Morgan fingerprint density at radius 3 is 2.90 bits per heavy atom. The number of ether oxygens (including phenoxy) is 3. The third kappa shape index (κ3) is 4.24. The molecule has 0 bridgehead atoms. The number of pyridine rings is 1. The highest BCUT2D eigenvalue weighted by atomic mass is 16.6. The molecule has 0 radical (unpaired) electrons. The molecule has 0 unspecified atom stereocenters. The largest absolute Gasteiger partial charge is 0.439 e. The molecule has 198 valence electrons. The minimum atomic E-state index is -0.696. The molecule has 6 heterocycles. The van der Waals surface area contributed by atoms with Gasteiger partial charge in [0.25, 0.3) is 0 Å². The van der Waals surface area contributed by atoms with Gasteiger partial charge in [0.2, 0.25) is 5.88 Å². The van der Waals surface area contributed by atoms with E-state index in [2.05, 4.69) is 36.7 Å². The normalized spacial score (nSPS) is 19.9. The number of benzene rings is 1. The van der Waals surface area contributed by atoms with Gasteiger partial charge < -0.3 is 24.1 Å². The molecule has 0 aliphatic carbocycles. The van der Waals surface area contributed by atoms with E-state index in [0.717, 1.165) is 46.8 Å². The molecule has 39 heavy (non-hydrogen) atoms. The van der Waals surface area contributed by atoms with Crippen molar-refractivity contribution in [3.8, 4) is 11.6 Å². The zero-order valence-electron chi connectivity index (χ0n) is 21.2. The van der Waals surface area contributed by atoms with Gasteiger partial charge in [0, 0.05) is 67.9 Å². The van der Waals surface area contributed by atoms with E-state index in [-0.39, 0.29) is 5.92 Å². The number of H-pyrrole nitrogens is 1. The Morgan fingerprint density at radius 1 is 1.18 bits per heavy atom. The number of imidazole rings is 1. The lowest BCUT2D eigenvalue weighted by atomic mass is 9.83. The molecule has 0 saturated carbocycles. The van der Waals surface area contributed by atoms with E-state index in [0.29, 0.717) is 50.0 Å². The van der Waals surface area contributed by atoms with Crippen LogP contribution in [0.25, 0.3) is 17.1 Å². The minimum absolute atomic E-state index is 0.269. The summed E-state index contributed by atoms with van der Waals surface area (Å²) in [4.78, 5) is 35.8. The Hall–Kier alpha value is -4.51. The van der Waals surface area contributed by atoms with Gasteiger partial charge in [-0.2, -0.15) is 0 Å². The number of rotatable bonds is 5. The van der Waals surface area contributed by atoms with Crippen molar-refractivity contribution in [1.29, 1.82) is 0 Å². The topological polar surface area (TPSA) is 127 Å². The quantitative estimate of drug-likeness (QED) is 0.380. The molecule has 2 N–H and O–H groups in total. The van der Waals surface area contributed by atoms with Gasteiger partial charge in [0.1, 0.15) is 35.1 Å². The second-order valence-electron chi connectivity index (χ2n) is 10.0. The van der Waals surface area contributed by atoms with Crippen molar-refractivity contribution in [3.05, 3.63) is 66.4 Å². The van der Waals surface area contributed by atoms with E-state index >= 15 is 0 Å². The molecule has 1 amide bonds. The fourth-order valence-corrected chi connectivity index (χ4v) is 5.67. The van der Waals surface area contributed by atoms with Crippen LogP contribution < -0.4 is 15.0 Å². The Kier molecular flexibility index (Phi) is 5.66. The van der Waals surface area contributed by atoms with Crippen LogP contribution in [-0.4, -0.2) is 57.3 Å². The predicted molar refractivity (Wildman–Crippen MR) is 144 cm³/mol. The molecule has 11 heteroatoms. The molecular formula is C28H27N7O4.